The molecule has 1 saturated heterocycles. The molecule has 0 aromatic heterocycles. The summed E-state index contributed by atoms with van der Waals surface area (Å²) in [6.45, 7) is 2.80. The number of benzene rings is 4. The summed E-state index contributed by atoms with van der Waals surface area (Å²) in [5.74, 6) is 0.595. The van der Waals surface area contributed by atoms with Crippen LogP contribution in [0.3, 0.4) is 0 Å². The highest BCUT2D eigenvalue weighted by Gasteiger charge is 2.26. The van der Waals surface area contributed by atoms with E-state index >= 15 is 0 Å². The molecule has 0 saturated carbocycles. The normalized spacial score (nSPS) is 16.4. The molecule has 5 rings (SSSR count). The Balaban J connectivity index is 1.18. The molecule has 1 aliphatic heterocycles. The van der Waals surface area contributed by atoms with Gasteiger partial charge in [0.2, 0.25) is 0 Å². The number of nitrogens with one attached hydrogen (secondary N) is 1. The van der Waals surface area contributed by atoms with Gasteiger partial charge in [0.25, 0.3) is 5.91 Å². The Morgan fingerprint density at radius 1 is 0.816 bits per heavy atom. The van der Waals surface area contributed by atoms with Crippen molar-refractivity contribution in [1.29, 1.82) is 0 Å². The Morgan fingerprint density at radius 2 is 1.39 bits per heavy atom. The van der Waals surface area contributed by atoms with E-state index in [2.05, 4.69) is 70.9 Å². The number of rotatable bonds is 10. The van der Waals surface area contributed by atoms with E-state index in [1.165, 1.54) is 11.1 Å². The molecule has 0 bridgehead atoms. The van der Waals surface area contributed by atoms with Crippen molar-refractivity contribution >= 4 is 16.7 Å². The second-order valence-electron chi connectivity index (χ2n) is 9.88. The molecule has 0 radical (unpaired) electrons. The maximum Gasteiger partial charge on any atom is 0.251 e. The Bertz CT molecular complexity index is 1310. The second kappa shape index (κ2) is 12.8. The quantitative estimate of drug-likeness (QED) is 0.277. The van der Waals surface area contributed by atoms with Crippen LogP contribution in [0.5, 0.6) is 0 Å². The predicted molar refractivity (Wildman–Crippen MR) is 155 cm³/mol. The Morgan fingerprint density at radius 3 is 2.05 bits per heavy atom. The first-order valence-electron chi connectivity index (χ1n) is 13.3. The Hall–Kier alpha value is -3.54. The van der Waals surface area contributed by atoms with E-state index in [4.69, 9.17) is 0 Å². The summed E-state index contributed by atoms with van der Waals surface area (Å²) in [5.41, 5.74) is 4.11. The number of nitrogens with zero attached hydrogens (tertiary/aromatic N) is 1. The second-order valence-corrected chi connectivity index (χ2v) is 11.3. The van der Waals surface area contributed by atoms with Gasteiger partial charge in [-0.2, -0.15) is 0 Å². The van der Waals surface area contributed by atoms with Gasteiger partial charge in [-0.05, 0) is 54.3 Å². The van der Waals surface area contributed by atoms with E-state index in [1.54, 1.807) is 0 Å². The maximum atomic E-state index is 13.3. The zero-order valence-corrected chi connectivity index (χ0v) is 22.4. The van der Waals surface area contributed by atoms with Crippen molar-refractivity contribution in [2.45, 2.75) is 35.4 Å². The third-order valence-electron chi connectivity index (χ3n) is 7.30. The Labute approximate surface area is 228 Å². The molecule has 1 fully saturated rings. The highest BCUT2D eigenvalue weighted by Crippen LogP contribution is 2.28. The summed E-state index contributed by atoms with van der Waals surface area (Å²) in [6.07, 6.45) is 1.97. The first-order valence-corrected chi connectivity index (χ1v) is 14.6. The van der Waals surface area contributed by atoms with Gasteiger partial charge in [0.05, 0.1) is 16.6 Å². The van der Waals surface area contributed by atoms with E-state index in [9.17, 15) is 9.00 Å². The SMILES string of the molecule is O=C(NC1CCN(CCC(c2ccccc2)c2ccccc2)C1)c1ccccc1CS(=O)c1ccccc1. The summed E-state index contributed by atoms with van der Waals surface area (Å²) in [5, 5.41) is 3.25. The molecular formula is C33H34N2O2S. The van der Waals surface area contributed by atoms with Crippen LogP contribution >= 0.6 is 0 Å². The van der Waals surface area contributed by atoms with Gasteiger partial charge < -0.3 is 10.2 Å². The lowest BCUT2D eigenvalue weighted by atomic mass is 9.88. The minimum absolute atomic E-state index is 0.0797. The Kier molecular flexibility index (Phi) is 8.79. The predicted octanol–water partition coefficient (Wildman–Crippen LogP) is 6.02. The molecule has 0 aliphatic carbocycles. The molecule has 1 aliphatic rings. The van der Waals surface area contributed by atoms with Crippen LogP contribution in [0.1, 0.15) is 45.8 Å². The van der Waals surface area contributed by atoms with Crippen LogP contribution in [0.4, 0.5) is 0 Å². The van der Waals surface area contributed by atoms with Gasteiger partial charge >= 0.3 is 0 Å². The van der Waals surface area contributed by atoms with Crippen molar-refractivity contribution in [3.63, 3.8) is 0 Å². The van der Waals surface area contributed by atoms with Crippen LogP contribution in [0.25, 0.3) is 0 Å². The maximum absolute atomic E-state index is 13.3. The first kappa shape index (κ1) is 26.1. The molecule has 4 aromatic rings. The number of likely N-dealkylation sites (tertiary alicyclic amines) is 1. The average molecular weight is 523 g/mol. The minimum atomic E-state index is -1.20. The van der Waals surface area contributed by atoms with Gasteiger partial charge in [0.15, 0.2) is 0 Å². The molecule has 5 heteroatoms. The first-order chi connectivity index (χ1) is 18.7. The number of amides is 1. The summed E-state index contributed by atoms with van der Waals surface area (Å²) in [6, 6.07) is 38.5. The fourth-order valence-corrected chi connectivity index (χ4v) is 6.45. The van der Waals surface area contributed by atoms with Crippen LogP contribution < -0.4 is 5.32 Å². The molecule has 0 spiro atoms. The standard InChI is InChI=1S/C33H34N2O2S/c36-33(32-19-11-10-16-28(32)25-38(37)30-17-8-3-9-18-30)34-29-20-22-35(24-29)23-21-31(26-12-4-1-5-13-26)27-14-6-2-7-15-27/h1-19,29,31H,20-25H2,(H,34,36). The van der Waals surface area contributed by atoms with Crippen LogP contribution in [0.2, 0.25) is 0 Å². The average Bonchev–Trinajstić information content (AvgIpc) is 3.42. The molecule has 194 valence electrons. The number of carbonyl (C=O) groups excluding carboxylic acids is 1. The monoisotopic (exact) mass is 522 g/mol. The van der Waals surface area contributed by atoms with E-state index in [0.29, 0.717) is 17.2 Å². The third-order valence-corrected chi connectivity index (χ3v) is 8.67. The summed E-state index contributed by atoms with van der Waals surface area (Å²) in [7, 11) is -1.20. The topological polar surface area (TPSA) is 49.4 Å². The molecule has 1 amide bonds. The molecule has 1 N–H and O–H groups in total. The van der Waals surface area contributed by atoms with Crippen LogP contribution in [-0.2, 0) is 16.6 Å². The van der Waals surface area contributed by atoms with Crippen LogP contribution in [-0.4, -0.2) is 40.7 Å². The number of carbonyl (C=O) groups is 1. The highest BCUT2D eigenvalue weighted by atomic mass is 32.2. The van der Waals surface area contributed by atoms with Crippen LogP contribution in [0, 0.1) is 0 Å². The minimum Gasteiger partial charge on any atom is -0.348 e. The van der Waals surface area contributed by atoms with Crippen molar-refractivity contribution in [3.05, 3.63) is 138 Å². The summed E-state index contributed by atoms with van der Waals surface area (Å²) < 4.78 is 12.9. The number of hydrogen-bond donors (Lipinski definition) is 1. The van der Waals surface area contributed by atoms with E-state index in [1.807, 2.05) is 54.6 Å². The van der Waals surface area contributed by atoms with E-state index < -0.39 is 10.8 Å². The third kappa shape index (κ3) is 6.66. The zero-order valence-electron chi connectivity index (χ0n) is 21.5. The van der Waals surface area contributed by atoms with Gasteiger partial charge in [0, 0.05) is 35.5 Å². The summed E-state index contributed by atoms with van der Waals surface area (Å²) >= 11 is 0. The molecule has 2 atom stereocenters. The molecule has 2 unspecified atom stereocenters. The van der Waals surface area contributed by atoms with Crippen molar-refractivity contribution in [3.8, 4) is 0 Å². The molecule has 1 heterocycles. The number of hydrogen-bond acceptors (Lipinski definition) is 3. The lowest BCUT2D eigenvalue weighted by Gasteiger charge is -2.22. The van der Waals surface area contributed by atoms with Gasteiger partial charge in [-0.15, -0.1) is 0 Å². The molecule has 38 heavy (non-hydrogen) atoms. The summed E-state index contributed by atoms with van der Waals surface area (Å²) in [4.78, 5) is 16.5. The van der Waals surface area contributed by atoms with Gasteiger partial charge in [0.1, 0.15) is 0 Å². The van der Waals surface area contributed by atoms with Crippen molar-refractivity contribution in [2.75, 3.05) is 19.6 Å². The van der Waals surface area contributed by atoms with Crippen molar-refractivity contribution in [1.82, 2.24) is 10.2 Å². The molecular weight excluding hydrogens is 488 g/mol. The fourth-order valence-electron chi connectivity index (χ4n) is 5.29. The molecule has 4 aromatic carbocycles. The lowest BCUT2D eigenvalue weighted by molar-refractivity contribution is 0.0937. The smallest absolute Gasteiger partial charge is 0.251 e. The van der Waals surface area contributed by atoms with Gasteiger partial charge in [-0.25, -0.2) is 0 Å². The molecule has 4 nitrogen and oxygen atoms in total. The fraction of sp³-hybridized carbons (Fsp3) is 0.242. The van der Waals surface area contributed by atoms with Crippen LogP contribution in [0.15, 0.2) is 120 Å². The highest BCUT2D eigenvalue weighted by molar-refractivity contribution is 7.84. The van der Waals surface area contributed by atoms with Crippen molar-refractivity contribution in [2.24, 2.45) is 0 Å². The van der Waals surface area contributed by atoms with E-state index in [-0.39, 0.29) is 11.9 Å². The lowest BCUT2D eigenvalue weighted by Crippen LogP contribution is -2.37. The van der Waals surface area contributed by atoms with Gasteiger partial charge in [-0.3, -0.25) is 9.00 Å². The van der Waals surface area contributed by atoms with E-state index in [0.717, 1.165) is 42.9 Å². The largest absolute Gasteiger partial charge is 0.348 e. The van der Waals surface area contributed by atoms with Crippen molar-refractivity contribution < 1.29 is 9.00 Å². The van der Waals surface area contributed by atoms with Gasteiger partial charge in [-0.1, -0.05) is 97.1 Å². The zero-order chi connectivity index (χ0) is 26.2.